The summed E-state index contributed by atoms with van der Waals surface area (Å²) in [6, 6.07) is 6.89. The fourth-order valence-electron chi connectivity index (χ4n) is 1.30. The van der Waals surface area contributed by atoms with Gasteiger partial charge >= 0.3 is 6.18 Å². The third-order valence-corrected chi connectivity index (χ3v) is 2.19. The van der Waals surface area contributed by atoms with Crippen molar-refractivity contribution in [2.24, 2.45) is 0 Å². The molecule has 0 N–H and O–H groups in total. The van der Waals surface area contributed by atoms with Crippen molar-refractivity contribution in [2.75, 3.05) is 6.61 Å². The Hall–Kier alpha value is -1.65. The Kier molecular flexibility index (Phi) is 5.07. The van der Waals surface area contributed by atoms with E-state index in [1.165, 1.54) is 6.92 Å². The Morgan fingerprint density at radius 1 is 1.28 bits per heavy atom. The van der Waals surface area contributed by atoms with Gasteiger partial charge in [0.05, 0.1) is 6.61 Å². The fraction of sp³-hybridized carbons (Fsp3) is 0.385. The summed E-state index contributed by atoms with van der Waals surface area (Å²) in [4.78, 5) is 0. The van der Waals surface area contributed by atoms with Crippen LogP contribution in [0.1, 0.15) is 19.4 Å². The molecular formula is C13H15F3O2. The fourth-order valence-corrected chi connectivity index (χ4v) is 1.30. The van der Waals surface area contributed by atoms with Crippen LogP contribution in [0, 0.1) is 0 Å². The molecule has 0 saturated carbocycles. The quantitative estimate of drug-likeness (QED) is 0.743. The molecule has 0 saturated heterocycles. The zero-order chi connectivity index (χ0) is 13.6. The van der Waals surface area contributed by atoms with Crippen molar-refractivity contribution in [1.29, 1.82) is 0 Å². The van der Waals surface area contributed by atoms with E-state index >= 15 is 0 Å². The molecule has 0 atom stereocenters. The highest BCUT2D eigenvalue weighted by molar-refractivity contribution is 5.29. The molecule has 0 amide bonds. The smallest absolute Gasteiger partial charge is 0.452 e. The largest absolute Gasteiger partial charge is 0.487 e. The molecule has 1 aromatic carbocycles. The lowest BCUT2D eigenvalue weighted by Gasteiger charge is -2.12. The monoisotopic (exact) mass is 260 g/mol. The first-order chi connectivity index (χ1) is 8.47. The Balaban J connectivity index is 2.81. The Morgan fingerprint density at radius 3 is 2.56 bits per heavy atom. The lowest BCUT2D eigenvalue weighted by molar-refractivity contribution is -0.132. The molecule has 0 aliphatic carbocycles. The molecule has 0 radical (unpaired) electrons. The average Bonchev–Trinajstić information content (AvgIpc) is 2.33. The molecule has 5 heteroatoms. The first kappa shape index (κ1) is 14.4. The first-order valence-electron chi connectivity index (χ1n) is 5.63. The lowest BCUT2D eigenvalue weighted by atomic mass is 10.2. The van der Waals surface area contributed by atoms with Crippen LogP contribution in [-0.2, 0) is 11.2 Å². The Labute approximate surface area is 104 Å². The maximum Gasteiger partial charge on any atom is 0.452 e. The number of halogens is 3. The molecule has 2 nitrogen and oxygen atoms in total. The summed E-state index contributed by atoms with van der Waals surface area (Å²) in [7, 11) is 0. The molecule has 0 bridgehead atoms. The normalized spacial score (nSPS) is 12.4. The lowest BCUT2D eigenvalue weighted by Crippen LogP contribution is -2.15. The van der Waals surface area contributed by atoms with Gasteiger partial charge < -0.3 is 9.47 Å². The zero-order valence-electron chi connectivity index (χ0n) is 10.3. The van der Waals surface area contributed by atoms with Crippen LogP contribution in [0.3, 0.4) is 0 Å². The van der Waals surface area contributed by atoms with Crippen LogP contribution in [0.2, 0.25) is 0 Å². The van der Waals surface area contributed by atoms with Crippen molar-refractivity contribution >= 4 is 0 Å². The van der Waals surface area contributed by atoms with Gasteiger partial charge in [0.2, 0.25) is 5.76 Å². The number of ether oxygens (including phenoxy) is 2. The number of benzene rings is 1. The van der Waals surface area contributed by atoms with Gasteiger partial charge in [-0.05, 0) is 31.0 Å². The van der Waals surface area contributed by atoms with Crippen LogP contribution in [-0.4, -0.2) is 12.8 Å². The van der Waals surface area contributed by atoms with Crippen molar-refractivity contribution in [3.8, 4) is 5.75 Å². The number of hydrogen-bond donors (Lipinski definition) is 0. The van der Waals surface area contributed by atoms with E-state index in [9.17, 15) is 13.2 Å². The SMILES string of the molecule is CCO/C(=C\Oc1cccc(CC)c1)C(F)(F)F. The molecule has 18 heavy (non-hydrogen) atoms. The Bertz CT molecular complexity index is 411. The van der Waals surface area contributed by atoms with Crippen LogP contribution in [0.25, 0.3) is 0 Å². The van der Waals surface area contributed by atoms with E-state index in [0.29, 0.717) is 12.0 Å². The van der Waals surface area contributed by atoms with Gasteiger partial charge in [-0.25, -0.2) is 0 Å². The molecule has 0 fully saturated rings. The van der Waals surface area contributed by atoms with E-state index in [1.807, 2.05) is 13.0 Å². The summed E-state index contributed by atoms with van der Waals surface area (Å²) < 4.78 is 46.9. The number of rotatable bonds is 5. The van der Waals surface area contributed by atoms with Gasteiger partial charge in [-0.1, -0.05) is 19.1 Å². The maximum atomic E-state index is 12.5. The number of hydrogen-bond acceptors (Lipinski definition) is 2. The molecule has 0 heterocycles. The molecular weight excluding hydrogens is 245 g/mol. The van der Waals surface area contributed by atoms with E-state index in [-0.39, 0.29) is 6.61 Å². The van der Waals surface area contributed by atoms with Gasteiger partial charge in [0.25, 0.3) is 0 Å². The van der Waals surface area contributed by atoms with E-state index in [0.717, 1.165) is 12.0 Å². The molecule has 1 rings (SSSR count). The molecule has 0 aliphatic rings. The highest BCUT2D eigenvalue weighted by Gasteiger charge is 2.36. The van der Waals surface area contributed by atoms with Gasteiger partial charge in [0, 0.05) is 0 Å². The summed E-state index contributed by atoms with van der Waals surface area (Å²) >= 11 is 0. The summed E-state index contributed by atoms with van der Waals surface area (Å²) in [6.07, 6.45) is -3.16. The molecule has 0 spiro atoms. The third kappa shape index (κ3) is 4.31. The van der Waals surface area contributed by atoms with E-state index in [1.54, 1.807) is 18.2 Å². The van der Waals surface area contributed by atoms with Crippen LogP contribution in [0.5, 0.6) is 5.75 Å². The number of alkyl halides is 3. The standard InChI is InChI=1S/C13H15F3O2/c1-3-10-6-5-7-11(8-10)18-9-12(17-4-2)13(14,15)16/h5-9H,3-4H2,1-2H3/b12-9-. The van der Waals surface area contributed by atoms with Crippen molar-refractivity contribution in [2.45, 2.75) is 26.4 Å². The maximum absolute atomic E-state index is 12.5. The predicted molar refractivity (Wildman–Crippen MR) is 62.2 cm³/mol. The van der Waals surface area contributed by atoms with E-state index in [4.69, 9.17) is 4.74 Å². The summed E-state index contributed by atoms with van der Waals surface area (Å²) in [6.45, 7) is 3.37. The summed E-state index contributed by atoms with van der Waals surface area (Å²) in [5.74, 6) is -0.775. The topological polar surface area (TPSA) is 18.5 Å². The minimum atomic E-state index is -4.54. The van der Waals surface area contributed by atoms with Gasteiger partial charge in [-0.15, -0.1) is 0 Å². The van der Waals surface area contributed by atoms with Gasteiger partial charge in [-0.3, -0.25) is 0 Å². The first-order valence-corrected chi connectivity index (χ1v) is 5.63. The van der Waals surface area contributed by atoms with Gasteiger partial charge in [0.1, 0.15) is 12.0 Å². The zero-order valence-corrected chi connectivity index (χ0v) is 10.3. The second-order valence-electron chi connectivity index (χ2n) is 3.53. The second kappa shape index (κ2) is 6.33. The van der Waals surface area contributed by atoms with Crippen molar-refractivity contribution in [3.63, 3.8) is 0 Å². The summed E-state index contributed by atoms with van der Waals surface area (Å²) in [5.41, 5.74) is 0.992. The highest BCUT2D eigenvalue weighted by Crippen LogP contribution is 2.27. The van der Waals surface area contributed by atoms with Crippen molar-refractivity contribution in [3.05, 3.63) is 41.9 Å². The molecule has 100 valence electrons. The van der Waals surface area contributed by atoms with Crippen molar-refractivity contribution in [1.82, 2.24) is 0 Å². The molecule has 0 aliphatic heterocycles. The van der Waals surface area contributed by atoms with Gasteiger partial charge in [-0.2, -0.15) is 13.2 Å². The minimum absolute atomic E-state index is 0.0658. The van der Waals surface area contributed by atoms with Crippen molar-refractivity contribution < 1.29 is 22.6 Å². The highest BCUT2D eigenvalue weighted by atomic mass is 19.4. The van der Waals surface area contributed by atoms with E-state index < -0.39 is 11.9 Å². The predicted octanol–water partition coefficient (Wildman–Crippen LogP) is 4.07. The van der Waals surface area contributed by atoms with Crippen LogP contribution < -0.4 is 4.74 Å². The van der Waals surface area contributed by atoms with Crippen LogP contribution >= 0.6 is 0 Å². The van der Waals surface area contributed by atoms with Crippen LogP contribution in [0.4, 0.5) is 13.2 Å². The average molecular weight is 260 g/mol. The minimum Gasteiger partial charge on any atom is -0.487 e. The molecule has 1 aromatic rings. The van der Waals surface area contributed by atoms with Crippen LogP contribution in [0.15, 0.2) is 36.3 Å². The number of aryl methyl sites for hydroxylation is 1. The summed E-state index contributed by atoms with van der Waals surface area (Å²) in [5, 5.41) is 0. The third-order valence-electron chi connectivity index (χ3n) is 2.19. The second-order valence-corrected chi connectivity index (χ2v) is 3.53. The van der Waals surface area contributed by atoms with Gasteiger partial charge in [0.15, 0.2) is 0 Å². The molecule has 0 unspecified atom stereocenters. The van der Waals surface area contributed by atoms with E-state index in [2.05, 4.69) is 4.74 Å². The Morgan fingerprint density at radius 2 is 2.00 bits per heavy atom. The molecule has 0 aromatic heterocycles. The number of allylic oxidation sites excluding steroid dienone is 1.